The van der Waals surface area contributed by atoms with Gasteiger partial charge in [-0.05, 0) is 26.8 Å². The molecule has 2 aromatic heterocycles. The van der Waals surface area contributed by atoms with E-state index in [2.05, 4.69) is 15.3 Å². The molecular formula is C17H18N4O2S. The van der Waals surface area contributed by atoms with Crippen molar-refractivity contribution < 1.29 is 9.21 Å². The Morgan fingerprint density at radius 3 is 2.67 bits per heavy atom. The number of thioether (sulfide) groups is 1. The highest BCUT2D eigenvalue weighted by Crippen LogP contribution is 2.24. The summed E-state index contributed by atoms with van der Waals surface area (Å²) in [6.45, 7) is 6.63. The molecule has 0 spiro atoms. The number of hydrogen-bond donors (Lipinski definition) is 0. The maximum atomic E-state index is 12.2. The van der Waals surface area contributed by atoms with Crippen molar-refractivity contribution in [2.45, 2.75) is 32.5 Å². The van der Waals surface area contributed by atoms with Crippen LogP contribution in [0, 0.1) is 13.8 Å². The summed E-state index contributed by atoms with van der Waals surface area (Å²) in [4.78, 5) is 12.2. The van der Waals surface area contributed by atoms with Crippen LogP contribution in [-0.2, 0) is 6.54 Å². The Balaban J connectivity index is 1.68. The van der Waals surface area contributed by atoms with E-state index in [1.807, 2.05) is 55.8 Å². The first-order valence-corrected chi connectivity index (χ1v) is 8.66. The third-order valence-corrected chi connectivity index (χ3v) is 4.35. The molecule has 0 radical (unpaired) electrons. The summed E-state index contributed by atoms with van der Waals surface area (Å²) in [5.41, 5.74) is 3.50. The summed E-state index contributed by atoms with van der Waals surface area (Å²) in [6.07, 6.45) is 0. The molecule has 0 N–H and O–H groups in total. The average Bonchev–Trinajstić information content (AvgIpc) is 3.19. The maximum absolute atomic E-state index is 12.2. The minimum absolute atomic E-state index is 0.0363. The minimum Gasteiger partial charge on any atom is -0.410 e. The fourth-order valence-electron chi connectivity index (χ4n) is 2.28. The Morgan fingerprint density at radius 1 is 1.21 bits per heavy atom. The van der Waals surface area contributed by atoms with E-state index in [9.17, 15) is 4.79 Å². The topological polar surface area (TPSA) is 73.8 Å². The lowest BCUT2D eigenvalue weighted by atomic mass is 10.1. The highest BCUT2D eigenvalue weighted by atomic mass is 32.2. The van der Waals surface area contributed by atoms with Gasteiger partial charge < -0.3 is 4.42 Å². The Kier molecular flexibility index (Phi) is 4.80. The van der Waals surface area contributed by atoms with Crippen molar-refractivity contribution in [3.63, 3.8) is 0 Å². The molecule has 0 amide bonds. The van der Waals surface area contributed by atoms with Gasteiger partial charge in [0.1, 0.15) is 5.69 Å². The molecule has 7 heteroatoms. The Morgan fingerprint density at radius 2 is 1.96 bits per heavy atom. The monoisotopic (exact) mass is 342 g/mol. The lowest BCUT2D eigenvalue weighted by molar-refractivity contribution is 0.102. The van der Waals surface area contributed by atoms with Crippen molar-refractivity contribution in [2.75, 3.05) is 5.75 Å². The molecule has 0 aliphatic carbocycles. The van der Waals surface area contributed by atoms with Crippen LogP contribution in [0.3, 0.4) is 0 Å². The van der Waals surface area contributed by atoms with E-state index in [4.69, 9.17) is 4.42 Å². The second-order valence-corrected chi connectivity index (χ2v) is 6.36. The number of carbonyl (C=O) groups is 1. The molecule has 0 saturated heterocycles. The number of aryl methyl sites for hydroxylation is 3. The molecule has 0 fully saturated rings. The van der Waals surface area contributed by atoms with Crippen LogP contribution in [0.5, 0.6) is 0 Å². The smallest absolute Gasteiger partial charge is 0.277 e. The largest absolute Gasteiger partial charge is 0.410 e. The molecule has 0 aliphatic rings. The van der Waals surface area contributed by atoms with Gasteiger partial charge in [0, 0.05) is 12.1 Å². The summed E-state index contributed by atoms with van der Waals surface area (Å²) in [7, 11) is 0. The number of benzene rings is 1. The first-order valence-electron chi connectivity index (χ1n) is 7.68. The SMILES string of the molecule is CCn1nc(C)cc1-c1nnc(SCC(=O)c2ccc(C)cc2)o1. The van der Waals surface area contributed by atoms with E-state index >= 15 is 0 Å². The molecule has 1 aromatic carbocycles. The first-order chi connectivity index (χ1) is 11.6. The molecule has 24 heavy (non-hydrogen) atoms. The zero-order valence-electron chi connectivity index (χ0n) is 13.8. The predicted molar refractivity (Wildman–Crippen MR) is 92.2 cm³/mol. The predicted octanol–water partition coefficient (Wildman–Crippen LogP) is 3.54. The normalized spacial score (nSPS) is 11.0. The van der Waals surface area contributed by atoms with Crippen LogP contribution in [-0.4, -0.2) is 31.5 Å². The molecule has 0 unspecified atom stereocenters. The van der Waals surface area contributed by atoms with E-state index in [1.165, 1.54) is 11.8 Å². The van der Waals surface area contributed by atoms with Crippen molar-refractivity contribution >= 4 is 17.5 Å². The fourth-order valence-corrected chi connectivity index (χ4v) is 2.94. The van der Waals surface area contributed by atoms with Gasteiger partial charge in [0.05, 0.1) is 11.4 Å². The third-order valence-electron chi connectivity index (χ3n) is 3.53. The molecular weight excluding hydrogens is 324 g/mol. The van der Waals surface area contributed by atoms with Crippen molar-refractivity contribution in [1.82, 2.24) is 20.0 Å². The van der Waals surface area contributed by atoms with E-state index < -0.39 is 0 Å². The number of nitrogens with zero attached hydrogens (tertiary/aromatic N) is 4. The molecule has 0 bridgehead atoms. The summed E-state index contributed by atoms with van der Waals surface area (Å²) >= 11 is 1.24. The summed E-state index contributed by atoms with van der Waals surface area (Å²) in [5.74, 6) is 0.716. The molecule has 0 saturated carbocycles. The quantitative estimate of drug-likeness (QED) is 0.504. The lowest BCUT2D eigenvalue weighted by Crippen LogP contribution is -2.02. The van der Waals surface area contributed by atoms with Gasteiger partial charge in [-0.3, -0.25) is 9.48 Å². The highest BCUT2D eigenvalue weighted by Gasteiger charge is 2.16. The van der Waals surface area contributed by atoms with E-state index in [1.54, 1.807) is 0 Å². The molecule has 2 heterocycles. The van der Waals surface area contributed by atoms with E-state index in [-0.39, 0.29) is 11.5 Å². The highest BCUT2D eigenvalue weighted by molar-refractivity contribution is 7.99. The number of ketones is 1. The van der Waals surface area contributed by atoms with Crippen LogP contribution in [0.4, 0.5) is 0 Å². The molecule has 3 rings (SSSR count). The number of carbonyl (C=O) groups excluding carboxylic acids is 1. The Hall–Kier alpha value is -2.41. The standard InChI is InChI=1S/C17H18N4O2S/c1-4-21-14(9-12(3)20-21)16-18-19-17(23-16)24-10-15(22)13-7-5-11(2)6-8-13/h5-9H,4,10H2,1-3H3. The maximum Gasteiger partial charge on any atom is 0.277 e. The van der Waals surface area contributed by atoms with Gasteiger partial charge in [0.25, 0.3) is 11.1 Å². The first kappa shape index (κ1) is 16.4. The van der Waals surface area contributed by atoms with E-state index in [0.29, 0.717) is 16.7 Å². The number of aromatic nitrogens is 4. The van der Waals surface area contributed by atoms with Gasteiger partial charge in [-0.1, -0.05) is 41.6 Å². The average molecular weight is 342 g/mol. The van der Waals surface area contributed by atoms with Crippen LogP contribution in [0.1, 0.15) is 28.5 Å². The van der Waals surface area contributed by atoms with E-state index in [0.717, 1.165) is 23.5 Å². The van der Waals surface area contributed by atoms with Gasteiger partial charge in [-0.2, -0.15) is 5.10 Å². The molecule has 0 aliphatic heterocycles. The van der Waals surface area contributed by atoms with Gasteiger partial charge in [-0.25, -0.2) is 0 Å². The van der Waals surface area contributed by atoms with Crippen molar-refractivity contribution in [3.05, 3.63) is 47.2 Å². The van der Waals surface area contributed by atoms with Crippen LogP contribution >= 0.6 is 11.8 Å². The van der Waals surface area contributed by atoms with Crippen LogP contribution < -0.4 is 0 Å². The van der Waals surface area contributed by atoms with Crippen molar-refractivity contribution in [1.29, 1.82) is 0 Å². The Bertz CT molecular complexity index is 852. The fraction of sp³-hybridized carbons (Fsp3) is 0.294. The van der Waals surface area contributed by atoms with Gasteiger partial charge >= 0.3 is 0 Å². The minimum atomic E-state index is 0.0363. The van der Waals surface area contributed by atoms with Crippen LogP contribution in [0.15, 0.2) is 40.0 Å². The summed E-state index contributed by atoms with van der Waals surface area (Å²) in [6, 6.07) is 9.43. The molecule has 124 valence electrons. The number of hydrogen-bond acceptors (Lipinski definition) is 6. The molecule has 6 nitrogen and oxygen atoms in total. The zero-order valence-corrected chi connectivity index (χ0v) is 14.6. The number of Topliss-reactive ketones (excluding diaryl/α,β-unsaturated/α-hetero) is 1. The van der Waals surface area contributed by atoms with Crippen molar-refractivity contribution in [3.8, 4) is 11.6 Å². The second-order valence-electron chi connectivity index (χ2n) is 5.44. The second kappa shape index (κ2) is 7.00. The van der Waals surface area contributed by atoms with Crippen LogP contribution in [0.25, 0.3) is 11.6 Å². The summed E-state index contributed by atoms with van der Waals surface area (Å²) < 4.78 is 7.47. The lowest BCUT2D eigenvalue weighted by Gasteiger charge is -2.00. The molecule has 0 atom stereocenters. The summed E-state index contributed by atoms with van der Waals surface area (Å²) in [5, 5.41) is 12.8. The Labute approximate surface area is 144 Å². The zero-order chi connectivity index (χ0) is 17.1. The number of rotatable bonds is 6. The van der Waals surface area contributed by atoms with Gasteiger partial charge in [-0.15, -0.1) is 10.2 Å². The molecule has 3 aromatic rings. The van der Waals surface area contributed by atoms with Gasteiger partial charge in [0.15, 0.2) is 5.78 Å². The van der Waals surface area contributed by atoms with Crippen LogP contribution in [0.2, 0.25) is 0 Å². The van der Waals surface area contributed by atoms with Gasteiger partial charge in [0.2, 0.25) is 0 Å². The third kappa shape index (κ3) is 3.56. The van der Waals surface area contributed by atoms with Crippen molar-refractivity contribution in [2.24, 2.45) is 0 Å².